The van der Waals surface area contributed by atoms with Gasteiger partial charge in [0.15, 0.2) is 5.65 Å². The van der Waals surface area contributed by atoms with Crippen molar-refractivity contribution in [3.63, 3.8) is 0 Å². The number of aromatic nitrogens is 3. The summed E-state index contributed by atoms with van der Waals surface area (Å²) in [4.78, 5) is 14.3. The summed E-state index contributed by atoms with van der Waals surface area (Å²) >= 11 is 0. The first-order chi connectivity index (χ1) is 11.2. The zero-order valence-corrected chi connectivity index (χ0v) is 14.7. The third kappa shape index (κ3) is 3.72. The normalized spacial score (nSPS) is 19.7. The van der Waals surface area contributed by atoms with Gasteiger partial charge in [-0.15, -0.1) is 0 Å². The molecule has 2 aromatic heterocycles. The van der Waals surface area contributed by atoms with E-state index in [4.69, 9.17) is 4.98 Å². The lowest BCUT2D eigenvalue weighted by Gasteiger charge is -2.34. The molecule has 0 amide bonds. The Balaban J connectivity index is 1.87. The van der Waals surface area contributed by atoms with Crippen molar-refractivity contribution in [3.8, 4) is 0 Å². The molecular formula is C18H29N5. The molecule has 0 bridgehead atoms. The fraction of sp³-hybridized carbons (Fsp3) is 0.667. The number of nitrogens with zero attached hydrogens (tertiary/aromatic N) is 5. The number of hydrogen-bond donors (Lipinski definition) is 0. The van der Waals surface area contributed by atoms with Crippen molar-refractivity contribution in [2.75, 3.05) is 33.7 Å². The van der Waals surface area contributed by atoms with Crippen LogP contribution in [0.15, 0.2) is 18.3 Å². The molecule has 1 fully saturated rings. The van der Waals surface area contributed by atoms with E-state index in [2.05, 4.69) is 46.4 Å². The molecule has 0 saturated carbocycles. The van der Waals surface area contributed by atoms with E-state index in [1.165, 1.54) is 31.6 Å². The predicted octanol–water partition coefficient (Wildman–Crippen LogP) is 2.41. The highest BCUT2D eigenvalue weighted by Crippen LogP contribution is 2.22. The third-order valence-corrected chi connectivity index (χ3v) is 4.93. The fourth-order valence-corrected chi connectivity index (χ4v) is 3.61. The number of pyridine rings is 1. The molecule has 0 N–H and O–H groups in total. The lowest BCUT2D eigenvalue weighted by molar-refractivity contribution is 0.153. The number of imidazole rings is 1. The van der Waals surface area contributed by atoms with Gasteiger partial charge in [0.1, 0.15) is 11.3 Å². The molecule has 1 atom stereocenters. The average Bonchev–Trinajstić information content (AvgIpc) is 2.90. The minimum Gasteiger partial charge on any atom is -0.311 e. The molecule has 3 rings (SSSR count). The SMILES string of the molecule is CCN1CCCCC1Cc1nc2cccnc2n1CCN(C)C. The molecule has 3 heterocycles. The lowest BCUT2D eigenvalue weighted by atomic mass is 9.99. The summed E-state index contributed by atoms with van der Waals surface area (Å²) in [5.41, 5.74) is 2.06. The van der Waals surface area contributed by atoms with Gasteiger partial charge in [0, 0.05) is 31.7 Å². The Hall–Kier alpha value is -1.46. The predicted molar refractivity (Wildman–Crippen MR) is 94.7 cm³/mol. The molecule has 5 nitrogen and oxygen atoms in total. The summed E-state index contributed by atoms with van der Waals surface area (Å²) < 4.78 is 2.33. The average molecular weight is 315 g/mol. The van der Waals surface area contributed by atoms with E-state index in [1.54, 1.807) is 0 Å². The molecule has 0 aliphatic carbocycles. The summed E-state index contributed by atoms with van der Waals surface area (Å²) in [6, 6.07) is 4.69. The molecule has 1 aliphatic rings. The van der Waals surface area contributed by atoms with Crippen LogP contribution >= 0.6 is 0 Å². The van der Waals surface area contributed by atoms with Crippen molar-refractivity contribution in [1.29, 1.82) is 0 Å². The summed E-state index contributed by atoms with van der Waals surface area (Å²) in [7, 11) is 4.23. The topological polar surface area (TPSA) is 37.2 Å². The second-order valence-electron chi connectivity index (χ2n) is 6.81. The van der Waals surface area contributed by atoms with Crippen molar-refractivity contribution in [2.24, 2.45) is 0 Å². The van der Waals surface area contributed by atoms with Crippen LogP contribution in [0.25, 0.3) is 11.2 Å². The Kier molecular flexibility index (Phi) is 5.28. The summed E-state index contributed by atoms with van der Waals surface area (Å²) in [5, 5.41) is 0. The van der Waals surface area contributed by atoms with Crippen LogP contribution in [0.4, 0.5) is 0 Å². The van der Waals surface area contributed by atoms with Gasteiger partial charge in [0.05, 0.1) is 0 Å². The van der Waals surface area contributed by atoms with Crippen LogP contribution in [0.1, 0.15) is 32.0 Å². The van der Waals surface area contributed by atoms with Gasteiger partial charge in [0.2, 0.25) is 0 Å². The smallest absolute Gasteiger partial charge is 0.160 e. The minimum atomic E-state index is 0.628. The zero-order chi connectivity index (χ0) is 16.2. The van der Waals surface area contributed by atoms with Gasteiger partial charge in [-0.2, -0.15) is 0 Å². The second-order valence-corrected chi connectivity index (χ2v) is 6.81. The van der Waals surface area contributed by atoms with E-state index in [0.29, 0.717) is 6.04 Å². The fourth-order valence-electron chi connectivity index (χ4n) is 3.61. The lowest BCUT2D eigenvalue weighted by Crippen LogP contribution is -2.41. The Morgan fingerprint density at radius 1 is 1.30 bits per heavy atom. The summed E-state index contributed by atoms with van der Waals surface area (Å²) in [5.74, 6) is 1.20. The Labute approximate surface area is 139 Å². The first-order valence-electron chi connectivity index (χ1n) is 8.88. The number of likely N-dealkylation sites (tertiary alicyclic amines) is 1. The van der Waals surface area contributed by atoms with Crippen LogP contribution in [0.5, 0.6) is 0 Å². The highest BCUT2D eigenvalue weighted by atomic mass is 15.2. The van der Waals surface area contributed by atoms with Crippen LogP contribution in [-0.4, -0.2) is 64.1 Å². The van der Waals surface area contributed by atoms with E-state index >= 15 is 0 Å². The number of likely N-dealkylation sites (N-methyl/N-ethyl adjacent to an activating group) is 2. The maximum absolute atomic E-state index is 4.91. The molecule has 1 saturated heterocycles. The van der Waals surface area contributed by atoms with Crippen LogP contribution < -0.4 is 0 Å². The molecule has 2 aromatic rings. The number of rotatable bonds is 6. The Morgan fingerprint density at radius 2 is 2.17 bits per heavy atom. The molecule has 1 unspecified atom stereocenters. The molecule has 5 heteroatoms. The quantitative estimate of drug-likeness (QED) is 0.820. The van der Waals surface area contributed by atoms with Gasteiger partial charge in [-0.1, -0.05) is 13.3 Å². The maximum atomic E-state index is 4.91. The van der Waals surface area contributed by atoms with Crippen molar-refractivity contribution in [3.05, 3.63) is 24.2 Å². The molecule has 0 aromatic carbocycles. The van der Waals surface area contributed by atoms with Gasteiger partial charge in [-0.3, -0.25) is 0 Å². The van der Waals surface area contributed by atoms with Crippen LogP contribution in [-0.2, 0) is 13.0 Å². The minimum absolute atomic E-state index is 0.628. The van der Waals surface area contributed by atoms with Crippen molar-refractivity contribution < 1.29 is 0 Å². The Bertz CT molecular complexity index is 633. The van der Waals surface area contributed by atoms with Crippen LogP contribution in [0.2, 0.25) is 0 Å². The molecule has 126 valence electrons. The first kappa shape index (κ1) is 16.4. The Morgan fingerprint density at radius 3 is 2.96 bits per heavy atom. The van der Waals surface area contributed by atoms with Crippen molar-refractivity contribution in [2.45, 2.75) is 45.2 Å². The number of hydrogen-bond acceptors (Lipinski definition) is 4. The maximum Gasteiger partial charge on any atom is 0.160 e. The van der Waals surface area contributed by atoms with E-state index in [9.17, 15) is 0 Å². The van der Waals surface area contributed by atoms with Crippen LogP contribution in [0.3, 0.4) is 0 Å². The van der Waals surface area contributed by atoms with Gasteiger partial charge in [0.25, 0.3) is 0 Å². The third-order valence-electron chi connectivity index (χ3n) is 4.93. The highest BCUT2D eigenvalue weighted by molar-refractivity contribution is 5.71. The van der Waals surface area contributed by atoms with Gasteiger partial charge in [-0.25, -0.2) is 9.97 Å². The molecule has 0 radical (unpaired) electrons. The van der Waals surface area contributed by atoms with Crippen molar-refractivity contribution >= 4 is 11.2 Å². The summed E-state index contributed by atoms with van der Waals surface area (Å²) in [6.07, 6.45) is 6.88. The first-order valence-corrected chi connectivity index (χ1v) is 8.88. The number of piperidine rings is 1. The summed E-state index contributed by atoms with van der Waals surface area (Å²) in [6.45, 7) is 6.61. The molecule has 23 heavy (non-hydrogen) atoms. The van der Waals surface area contributed by atoms with E-state index in [0.717, 1.165) is 37.2 Å². The van der Waals surface area contributed by atoms with Gasteiger partial charge >= 0.3 is 0 Å². The second kappa shape index (κ2) is 7.41. The molecule has 0 spiro atoms. The molecule has 1 aliphatic heterocycles. The highest BCUT2D eigenvalue weighted by Gasteiger charge is 2.24. The standard InChI is InChI=1S/C18H29N5/c1-4-22-11-6-5-8-15(22)14-17-20-16-9-7-10-19-18(16)23(17)13-12-21(2)3/h7,9-10,15H,4-6,8,11-14H2,1-3H3. The van der Waals surface area contributed by atoms with Crippen LogP contribution in [0, 0.1) is 0 Å². The van der Waals surface area contributed by atoms with Crippen molar-refractivity contribution in [1.82, 2.24) is 24.3 Å². The number of fused-ring (bicyclic) bond motifs is 1. The van der Waals surface area contributed by atoms with E-state index < -0.39 is 0 Å². The monoisotopic (exact) mass is 315 g/mol. The largest absolute Gasteiger partial charge is 0.311 e. The van der Waals surface area contributed by atoms with Gasteiger partial charge in [-0.05, 0) is 52.2 Å². The van der Waals surface area contributed by atoms with E-state index in [1.807, 2.05) is 12.3 Å². The zero-order valence-electron chi connectivity index (χ0n) is 14.7. The van der Waals surface area contributed by atoms with E-state index in [-0.39, 0.29) is 0 Å². The van der Waals surface area contributed by atoms with Gasteiger partial charge < -0.3 is 14.4 Å². The molecular weight excluding hydrogens is 286 g/mol.